The molecule has 0 aromatic heterocycles. The first-order valence-corrected chi connectivity index (χ1v) is 8.22. The van der Waals surface area contributed by atoms with E-state index in [2.05, 4.69) is 48.3 Å². The molecular formula is C18H30N2O. The zero-order valence-electron chi connectivity index (χ0n) is 13.8. The first kappa shape index (κ1) is 16.5. The highest BCUT2D eigenvalue weighted by atomic mass is 16.5. The van der Waals surface area contributed by atoms with Crippen molar-refractivity contribution in [3.63, 3.8) is 0 Å². The number of benzene rings is 1. The van der Waals surface area contributed by atoms with E-state index in [1.54, 1.807) is 0 Å². The van der Waals surface area contributed by atoms with Crippen molar-refractivity contribution in [3.8, 4) is 0 Å². The molecule has 1 fully saturated rings. The molecular weight excluding hydrogens is 260 g/mol. The summed E-state index contributed by atoms with van der Waals surface area (Å²) in [7, 11) is 1.84. The van der Waals surface area contributed by atoms with Crippen molar-refractivity contribution in [2.75, 3.05) is 33.3 Å². The number of hydrogen-bond donors (Lipinski definition) is 1. The first-order chi connectivity index (χ1) is 10.2. The highest BCUT2D eigenvalue weighted by Crippen LogP contribution is 2.25. The van der Waals surface area contributed by atoms with Gasteiger partial charge in [0, 0.05) is 20.2 Å². The molecule has 2 rings (SSSR count). The Morgan fingerprint density at radius 1 is 1.29 bits per heavy atom. The predicted molar refractivity (Wildman–Crippen MR) is 88.6 cm³/mol. The third-order valence-electron chi connectivity index (χ3n) is 4.56. The monoisotopic (exact) mass is 290 g/mol. The van der Waals surface area contributed by atoms with E-state index >= 15 is 0 Å². The van der Waals surface area contributed by atoms with E-state index in [4.69, 9.17) is 4.74 Å². The second-order valence-corrected chi connectivity index (χ2v) is 6.34. The SMILES string of the molecule is CCNCCc1ccccc1CN1CCCC(C)(OC)C1. The minimum atomic E-state index is 0.0248. The molecule has 1 atom stereocenters. The molecule has 0 bridgehead atoms. The van der Waals surface area contributed by atoms with Crippen molar-refractivity contribution in [1.29, 1.82) is 0 Å². The van der Waals surface area contributed by atoms with Crippen molar-refractivity contribution in [2.24, 2.45) is 0 Å². The second-order valence-electron chi connectivity index (χ2n) is 6.34. The minimum Gasteiger partial charge on any atom is -0.377 e. The van der Waals surface area contributed by atoms with Gasteiger partial charge in [-0.1, -0.05) is 31.2 Å². The van der Waals surface area contributed by atoms with E-state index < -0.39 is 0 Å². The van der Waals surface area contributed by atoms with E-state index in [-0.39, 0.29) is 5.60 Å². The van der Waals surface area contributed by atoms with Gasteiger partial charge in [-0.25, -0.2) is 0 Å². The predicted octanol–water partition coefficient (Wildman–Crippen LogP) is 2.84. The zero-order valence-corrected chi connectivity index (χ0v) is 13.8. The number of methoxy groups -OCH3 is 1. The van der Waals surface area contributed by atoms with Crippen LogP contribution in [0.4, 0.5) is 0 Å². The fourth-order valence-corrected chi connectivity index (χ4v) is 3.21. The lowest BCUT2D eigenvalue weighted by Crippen LogP contribution is -2.46. The standard InChI is InChI=1S/C18H30N2O/c1-4-19-12-10-16-8-5-6-9-17(16)14-20-13-7-11-18(2,15-20)21-3/h5-6,8-9,19H,4,7,10-15H2,1-3H3. The van der Waals surface area contributed by atoms with Crippen LogP contribution in [0.5, 0.6) is 0 Å². The fraction of sp³-hybridized carbons (Fsp3) is 0.667. The zero-order chi connectivity index (χ0) is 15.1. The summed E-state index contributed by atoms with van der Waals surface area (Å²) in [6.45, 7) is 9.75. The van der Waals surface area contributed by atoms with Crippen molar-refractivity contribution < 1.29 is 4.74 Å². The van der Waals surface area contributed by atoms with Gasteiger partial charge >= 0.3 is 0 Å². The number of rotatable bonds is 7. The number of hydrogen-bond acceptors (Lipinski definition) is 3. The Labute approximate surface area is 129 Å². The van der Waals surface area contributed by atoms with Gasteiger partial charge in [-0.3, -0.25) is 4.90 Å². The number of ether oxygens (including phenoxy) is 1. The Morgan fingerprint density at radius 3 is 2.76 bits per heavy atom. The van der Waals surface area contributed by atoms with Gasteiger partial charge in [0.25, 0.3) is 0 Å². The molecule has 3 heteroatoms. The molecule has 1 aliphatic rings. The average Bonchev–Trinajstić information content (AvgIpc) is 2.49. The molecule has 21 heavy (non-hydrogen) atoms. The van der Waals surface area contributed by atoms with Crippen LogP contribution in [0.15, 0.2) is 24.3 Å². The maximum atomic E-state index is 5.70. The topological polar surface area (TPSA) is 24.5 Å². The largest absolute Gasteiger partial charge is 0.377 e. The fourth-order valence-electron chi connectivity index (χ4n) is 3.21. The first-order valence-electron chi connectivity index (χ1n) is 8.22. The Morgan fingerprint density at radius 2 is 2.05 bits per heavy atom. The van der Waals surface area contributed by atoms with Crippen LogP contribution in [0.2, 0.25) is 0 Å². The third-order valence-corrected chi connectivity index (χ3v) is 4.56. The van der Waals surface area contributed by atoms with Crippen LogP contribution in [-0.4, -0.2) is 43.8 Å². The van der Waals surface area contributed by atoms with Gasteiger partial charge in [0.1, 0.15) is 0 Å². The summed E-state index contributed by atoms with van der Waals surface area (Å²) >= 11 is 0. The molecule has 0 amide bonds. The smallest absolute Gasteiger partial charge is 0.0777 e. The Bertz CT molecular complexity index is 435. The minimum absolute atomic E-state index is 0.0248. The van der Waals surface area contributed by atoms with Crippen LogP contribution < -0.4 is 5.32 Å². The molecule has 0 aliphatic carbocycles. The van der Waals surface area contributed by atoms with Crippen molar-refractivity contribution in [2.45, 2.75) is 45.3 Å². The van der Waals surface area contributed by atoms with E-state index in [0.29, 0.717) is 0 Å². The van der Waals surface area contributed by atoms with E-state index in [9.17, 15) is 0 Å². The van der Waals surface area contributed by atoms with Crippen LogP contribution in [0.1, 0.15) is 37.8 Å². The summed E-state index contributed by atoms with van der Waals surface area (Å²) in [5.41, 5.74) is 2.97. The summed E-state index contributed by atoms with van der Waals surface area (Å²) in [5.74, 6) is 0. The molecule has 1 aliphatic heterocycles. The second kappa shape index (κ2) is 7.92. The van der Waals surface area contributed by atoms with Gasteiger partial charge in [0.05, 0.1) is 5.60 Å². The summed E-state index contributed by atoms with van der Waals surface area (Å²) in [5, 5.41) is 3.42. The lowest BCUT2D eigenvalue weighted by atomic mass is 9.94. The van der Waals surface area contributed by atoms with Gasteiger partial charge in [-0.15, -0.1) is 0 Å². The molecule has 3 nitrogen and oxygen atoms in total. The molecule has 1 unspecified atom stereocenters. The molecule has 0 saturated carbocycles. The van der Waals surface area contributed by atoms with Crippen LogP contribution in [0.25, 0.3) is 0 Å². The van der Waals surface area contributed by atoms with Crippen LogP contribution in [-0.2, 0) is 17.7 Å². The summed E-state index contributed by atoms with van der Waals surface area (Å²) in [6, 6.07) is 8.86. The van der Waals surface area contributed by atoms with Gasteiger partial charge in [0.2, 0.25) is 0 Å². The summed E-state index contributed by atoms with van der Waals surface area (Å²) in [4.78, 5) is 2.54. The lowest BCUT2D eigenvalue weighted by molar-refractivity contribution is -0.0527. The maximum absolute atomic E-state index is 5.70. The molecule has 118 valence electrons. The number of nitrogens with zero attached hydrogens (tertiary/aromatic N) is 1. The van der Waals surface area contributed by atoms with Crippen LogP contribution >= 0.6 is 0 Å². The van der Waals surface area contributed by atoms with E-state index in [0.717, 1.165) is 32.6 Å². The third kappa shape index (κ3) is 4.80. The van der Waals surface area contributed by atoms with Gasteiger partial charge < -0.3 is 10.1 Å². The van der Waals surface area contributed by atoms with Crippen molar-refractivity contribution in [3.05, 3.63) is 35.4 Å². The molecule has 1 N–H and O–H groups in total. The molecule has 1 aromatic carbocycles. The quantitative estimate of drug-likeness (QED) is 0.782. The maximum Gasteiger partial charge on any atom is 0.0777 e. The number of piperidine rings is 1. The average molecular weight is 290 g/mol. The Balaban J connectivity index is 1.98. The molecule has 1 aromatic rings. The van der Waals surface area contributed by atoms with E-state index in [1.807, 2.05) is 7.11 Å². The molecule has 1 heterocycles. The Hall–Kier alpha value is -0.900. The highest BCUT2D eigenvalue weighted by Gasteiger charge is 2.30. The molecule has 0 spiro atoms. The van der Waals surface area contributed by atoms with E-state index in [1.165, 1.54) is 30.5 Å². The Kier molecular flexibility index (Phi) is 6.22. The van der Waals surface area contributed by atoms with Crippen LogP contribution in [0, 0.1) is 0 Å². The molecule has 1 saturated heterocycles. The highest BCUT2D eigenvalue weighted by molar-refractivity contribution is 5.27. The van der Waals surface area contributed by atoms with Gasteiger partial charge in [-0.05, 0) is 56.9 Å². The normalized spacial score (nSPS) is 23.4. The lowest BCUT2D eigenvalue weighted by Gasteiger charge is -2.39. The molecule has 0 radical (unpaired) electrons. The van der Waals surface area contributed by atoms with Crippen molar-refractivity contribution >= 4 is 0 Å². The number of likely N-dealkylation sites (tertiary alicyclic amines) is 1. The number of nitrogens with one attached hydrogen (secondary N) is 1. The van der Waals surface area contributed by atoms with Crippen LogP contribution in [0.3, 0.4) is 0 Å². The number of likely N-dealkylation sites (N-methyl/N-ethyl adjacent to an activating group) is 1. The van der Waals surface area contributed by atoms with Gasteiger partial charge in [0.15, 0.2) is 0 Å². The van der Waals surface area contributed by atoms with Gasteiger partial charge in [-0.2, -0.15) is 0 Å². The summed E-state index contributed by atoms with van der Waals surface area (Å²) < 4.78 is 5.70. The van der Waals surface area contributed by atoms with Crippen molar-refractivity contribution in [1.82, 2.24) is 10.2 Å². The summed E-state index contributed by atoms with van der Waals surface area (Å²) in [6.07, 6.45) is 3.51.